The number of nitrogens with one attached hydrogen (secondary N) is 1. The molecule has 1 amide bonds. The molecule has 0 saturated carbocycles. The van der Waals surface area contributed by atoms with Gasteiger partial charge < -0.3 is 14.6 Å². The van der Waals surface area contributed by atoms with Crippen molar-refractivity contribution >= 4 is 5.91 Å². The second-order valence-electron chi connectivity index (χ2n) is 4.93. The molecule has 2 aliphatic rings. The number of likely N-dealkylation sites (tertiary alicyclic amines) is 1. The van der Waals surface area contributed by atoms with Crippen LogP contribution in [-0.4, -0.2) is 54.5 Å². The van der Waals surface area contributed by atoms with Crippen LogP contribution in [0.1, 0.15) is 12.2 Å². The van der Waals surface area contributed by atoms with Crippen molar-refractivity contribution in [3.05, 3.63) is 24.2 Å². The highest BCUT2D eigenvalue weighted by atomic mass is 16.3. The van der Waals surface area contributed by atoms with Gasteiger partial charge in [-0.2, -0.15) is 0 Å². The van der Waals surface area contributed by atoms with E-state index in [2.05, 4.69) is 10.2 Å². The molecule has 1 aromatic rings. The molecule has 1 atom stereocenters. The van der Waals surface area contributed by atoms with Crippen LogP contribution in [0.5, 0.6) is 0 Å². The first kappa shape index (κ1) is 11.7. The number of hydrogen-bond acceptors (Lipinski definition) is 4. The van der Waals surface area contributed by atoms with Gasteiger partial charge in [0, 0.05) is 32.7 Å². The minimum atomic E-state index is 0.0852. The van der Waals surface area contributed by atoms with Crippen molar-refractivity contribution < 1.29 is 9.21 Å². The summed E-state index contributed by atoms with van der Waals surface area (Å²) in [6.07, 6.45) is 2.60. The molecule has 18 heavy (non-hydrogen) atoms. The number of furan rings is 1. The van der Waals surface area contributed by atoms with Crippen molar-refractivity contribution in [2.24, 2.45) is 0 Å². The van der Waals surface area contributed by atoms with Crippen LogP contribution in [0.4, 0.5) is 0 Å². The van der Waals surface area contributed by atoms with E-state index in [0.717, 1.165) is 44.9 Å². The summed E-state index contributed by atoms with van der Waals surface area (Å²) in [6.45, 7) is 5.38. The van der Waals surface area contributed by atoms with Gasteiger partial charge in [0.25, 0.3) is 0 Å². The zero-order valence-corrected chi connectivity index (χ0v) is 10.5. The third-order valence-electron chi connectivity index (χ3n) is 3.79. The van der Waals surface area contributed by atoms with E-state index in [9.17, 15) is 4.79 Å². The minimum absolute atomic E-state index is 0.0852. The van der Waals surface area contributed by atoms with Crippen LogP contribution in [0.15, 0.2) is 22.8 Å². The van der Waals surface area contributed by atoms with Crippen molar-refractivity contribution in [1.82, 2.24) is 15.1 Å². The maximum Gasteiger partial charge on any atom is 0.240 e. The molecule has 2 saturated heterocycles. The lowest BCUT2D eigenvalue weighted by molar-refractivity contribution is -0.133. The molecule has 0 spiro atoms. The molecular weight excluding hydrogens is 230 g/mol. The van der Waals surface area contributed by atoms with Gasteiger partial charge in [0.15, 0.2) is 0 Å². The normalized spacial score (nSPS) is 25.9. The van der Waals surface area contributed by atoms with Crippen LogP contribution in [0.25, 0.3) is 0 Å². The Morgan fingerprint density at radius 2 is 2.17 bits per heavy atom. The Morgan fingerprint density at radius 3 is 2.89 bits per heavy atom. The number of hydrogen-bond donors (Lipinski definition) is 1. The first-order chi connectivity index (χ1) is 8.84. The fraction of sp³-hybridized carbons (Fsp3) is 0.615. The summed E-state index contributed by atoms with van der Waals surface area (Å²) in [5, 5.41) is 3.32. The van der Waals surface area contributed by atoms with Crippen LogP contribution in [0.2, 0.25) is 0 Å². The molecule has 2 aliphatic heterocycles. The molecule has 3 rings (SSSR count). The molecule has 2 fully saturated rings. The zero-order chi connectivity index (χ0) is 12.4. The fourth-order valence-electron chi connectivity index (χ4n) is 2.80. The minimum Gasteiger partial charge on any atom is -0.467 e. The first-order valence-electron chi connectivity index (χ1n) is 6.60. The predicted octanol–water partition coefficient (Wildman–Crippen LogP) is 0.286. The van der Waals surface area contributed by atoms with E-state index < -0.39 is 0 Å². The third kappa shape index (κ3) is 2.28. The molecule has 3 heterocycles. The fourth-order valence-corrected chi connectivity index (χ4v) is 2.80. The summed E-state index contributed by atoms with van der Waals surface area (Å²) in [5.74, 6) is 1.12. The standard InChI is InChI=1S/C13H19N3O2/c17-13-12(15-7-4-14-5-8-15)3-6-16(13)10-11-2-1-9-18-11/h1-2,9,12,14H,3-8,10H2. The first-order valence-corrected chi connectivity index (χ1v) is 6.60. The van der Waals surface area contributed by atoms with Crippen molar-refractivity contribution in [2.75, 3.05) is 32.7 Å². The highest BCUT2D eigenvalue weighted by Crippen LogP contribution is 2.20. The summed E-state index contributed by atoms with van der Waals surface area (Å²) in [4.78, 5) is 16.6. The summed E-state index contributed by atoms with van der Waals surface area (Å²) < 4.78 is 5.31. The number of rotatable bonds is 3. The predicted molar refractivity (Wildman–Crippen MR) is 67.0 cm³/mol. The maximum atomic E-state index is 12.4. The van der Waals surface area contributed by atoms with Crippen LogP contribution >= 0.6 is 0 Å². The van der Waals surface area contributed by atoms with Gasteiger partial charge in [-0.05, 0) is 18.6 Å². The number of amides is 1. The number of carbonyl (C=O) groups is 1. The van der Waals surface area contributed by atoms with E-state index >= 15 is 0 Å². The topological polar surface area (TPSA) is 48.7 Å². The average molecular weight is 249 g/mol. The SMILES string of the molecule is O=C1C(N2CCNCC2)CCN1Cc1ccco1. The molecule has 1 aromatic heterocycles. The summed E-state index contributed by atoms with van der Waals surface area (Å²) >= 11 is 0. The molecule has 98 valence electrons. The van der Waals surface area contributed by atoms with Crippen molar-refractivity contribution in [1.29, 1.82) is 0 Å². The van der Waals surface area contributed by atoms with Gasteiger partial charge in [0.05, 0.1) is 18.8 Å². The lowest BCUT2D eigenvalue weighted by Crippen LogP contribution is -2.51. The van der Waals surface area contributed by atoms with E-state index in [4.69, 9.17) is 4.42 Å². The van der Waals surface area contributed by atoms with Crippen LogP contribution in [0.3, 0.4) is 0 Å². The summed E-state index contributed by atoms with van der Waals surface area (Å²) in [6, 6.07) is 3.87. The van der Waals surface area contributed by atoms with E-state index in [0.29, 0.717) is 6.54 Å². The van der Waals surface area contributed by atoms with Crippen LogP contribution in [0, 0.1) is 0 Å². The van der Waals surface area contributed by atoms with Crippen molar-refractivity contribution in [3.63, 3.8) is 0 Å². The quantitative estimate of drug-likeness (QED) is 0.836. The van der Waals surface area contributed by atoms with Gasteiger partial charge in [-0.1, -0.05) is 0 Å². The zero-order valence-electron chi connectivity index (χ0n) is 10.5. The van der Waals surface area contributed by atoms with Gasteiger partial charge in [-0.25, -0.2) is 0 Å². The van der Waals surface area contributed by atoms with Crippen molar-refractivity contribution in [2.45, 2.75) is 19.0 Å². The highest BCUT2D eigenvalue weighted by molar-refractivity contribution is 5.83. The van der Waals surface area contributed by atoms with E-state index in [1.54, 1.807) is 6.26 Å². The number of carbonyl (C=O) groups excluding carboxylic acids is 1. The Morgan fingerprint density at radius 1 is 1.33 bits per heavy atom. The molecule has 0 aromatic carbocycles. The number of nitrogens with zero attached hydrogens (tertiary/aromatic N) is 2. The molecule has 0 radical (unpaired) electrons. The maximum absolute atomic E-state index is 12.4. The average Bonchev–Trinajstić information content (AvgIpc) is 3.03. The summed E-state index contributed by atoms with van der Waals surface area (Å²) in [5.41, 5.74) is 0. The summed E-state index contributed by atoms with van der Waals surface area (Å²) in [7, 11) is 0. The smallest absolute Gasteiger partial charge is 0.240 e. The monoisotopic (exact) mass is 249 g/mol. The highest BCUT2D eigenvalue weighted by Gasteiger charge is 2.36. The third-order valence-corrected chi connectivity index (χ3v) is 3.79. The lowest BCUT2D eigenvalue weighted by Gasteiger charge is -2.31. The van der Waals surface area contributed by atoms with Gasteiger partial charge in [0.1, 0.15) is 5.76 Å². The molecule has 5 heteroatoms. The van der Waals surface area contributed by atoms with Gasteiger partial charge in [-0.3, -0.25) is 9.69 Å². The van der Waals surface area contributed by atoms with Crippen molar-refractivity contribution in [3.8, 4) is 0 Å². The molecule has 0 bridgehead atoms. The molecule has 1 N–H and O–H groups in total. The number of piperazine rings is 1. The van der Waals surface area contributed by atoms with E-state index in [-0.39, 0.29) is 11.9 Å². The van der Waals surface area contributed by atoms with E-state index in [1.807, 2.05) is 17.0 Å². The van der Waals surface area contributed by atoms with E-state index in [1.165, 1.54) is 0 Å². The van der Waals surface area contributed by atoms with Gasteiger partial charge in [0.2, 0.25) is 5.91 Å². The van der Waals surface area contributed by atoms with Crippen LogP contribution < -0.4 is 5.32 Å². The van der Waals surface area contributed by atoms with Gasteiger partial charge in [-0.15, -0.1) is 0 Å². The Bertz CT molecular complexity index is 398. The Kier molecular flexibility index (Phi) is 3.34. The van der Waals surface area contributed by atoms with Gasteiger partial charge >= 0.3 is 0 Å². The molecule has 5 nitrogen and oxygen atoms in total. The molecule has 0 aliphatic carbocycles. The Balaban J connectivity index is 1.61. The second-order valence-corrected chi connectivity index (χ2v) is 4.93. The molecule has 1 unspecified atom stereocenters. The Hall–Kier alpha value is -1.33. The molecular formula is C13H19N3O2. The second kappa shape index (κ2) is 5.12. The lowest BCUT2D eigenvalue weighted by atomic mass is 10.2. The Labute approximate surface area is 107 Å². The van der Waals surface area contributed by atoms with Crippen LogP contribution in [-0.2, 0) is 11.3 Å². The largest absolute Gasteiger partial charge is 0.467 e.